The van der Waals surface area contributed by atoms with Crippen LogP contribution in [0, 0.1) is 17.8 Å². The maximum atomic E-state index is 6.19. The van der Waals surface area contributed by atoms with Gasteiger partial charge >= 0.3 is 0 Å². The summed E-state index contributed by atoms with van der Waals surface area (Å²) in [7, 11) is 0. The van der Waals surface area contributed by atoms with Crippen molar-refractivity contribution in [1.29, 1.82) is 0 Å². The van der Waals surface area contributed by atoms with Crippen LogP contribution in [0.15, 0.2) is 0 Å². The monoisotopic (exact) mass is 155 g/mol. The molecule has 1 heteroatoms. The van der Waals surface area contributed by atoms with E-state index in [4.69, 9.17) is 5.73 Å². The van der Waals surface area contributed by atoms with Gasteiger partial charge in [-0.05, 0) is 30.6 Å². The normalized spacial score (nSPS) is 21.8. The molecule has 0 amide bonds. The van der Waals surface area contributed by atoms with E-state index in [0.717, 1.165) is 17.8 Å². The van der Waals surface area contributed by atoms with Crippen LogP contribution in [0.5, 0.6) is 0 Å². The highest BCUT2D eigenvalue weighted by Crippen LogP contribution is 2.46. The zero-order valence-electron chi connectivity index (χ0n) is 8.22. The van der Waals surface area contributed by atoms with E-state index in [2.05, 4.69) is 27.7 Å². The van der Waals surface area contributed by atoms with Crippen molar-refractivity contribution in [3.05, 3.63) is 0 Å². The van der Waals surface area contributed by atoms with Crippen LogP contribution >= 0.6 is 0 Å². The second-order valence-electron chi connectivity index (χ2n) is 4.75. The Labute approximate surface area is 70.4 Å². The van der Waals surface area contributed by atoms with E-state index < -0.39 is 0 Å². The average Bonchev–Trinajstić information content (AvgIpc) is 2.44. The lowest BCUT2D eigenvalue weighted by Crippen LogP contribution is -2.38. The Morgan fingerprint density at radius 3 is 1.45 bits per heavy atom. The summed E-state index contributed by atoms with van der Waals surface area (Å²) in [6.07, 6.45) is 2.49. The van der Waals surface area contributed by atoms with E-state index >= 15 is 0 Å². The molecular formula is C10H21N. The molecule has 0 atom stereocenters. The lowest BCUT2D eigenvalue weighted by Gasteiger charge is -2.30. The first-order chi connectivity index (χ1) is 4.97. The van der Waals surface area contributed by atoms with Crippen LogP contribution in [0.3, 0.4) is 0 Å². The molecule has 1 nitrogen and oxygen atoms in total. The van der Waals surface area contributed by atoms with Gasteiger partial charge in [0, 0.05) is 5.54 Å². The van der Waals surface area contributed by atoms with E-state index in [1.54, 1.807) is 0 Å². The Bertz CT molecular complexity index is 126. The van der Waals surface area contributed by atoms with Crippen molar-refractivity contribution < 1.29 is 0 Å². The van der Waals surface area contributed by atoms with Crippen molar-refractivity contribution in [3.8, 4) is 0 Å². The Morgan fingerprint density at radius 1 is 1.00 bits per heavy atom. The van der Waals surface area contributed by atoms with Gasteiger partial charge in [0.2, 0.25) is 0 Å². The van der Waals surface area contributed by atoms with E-state index in [9.17, 15) is 0 Å². The fraction of sp³-hybridized carbons (Fsp3) is 1.00. The van der Waals surface area contributed by atoms with Crippen molar-refractivity contribution in [2.45, 2.75) is 46.1 Å². The molecule has 2 N–H and O–H groups in total. The highest BCUT2D eigenvalue weighted by molar-refractivity contribution is 5.05. The lowest BCUT2D eigenvalue weighted by atomic mass is 9.78. The summed E-state index contributed by atoms with van der Waals surface area (Å²) in [5.74, 6) is 2.20. The summed E-state index contributed by atoms with van der Waals surface area (Å²) in [4.78, 5) is 0. The molecule has 1 fully saturated rings. The van der Waals surface area contributed by atoms with Gasteiger partial charge in [0.15, 0.2) is 0 Å². The average molecular weight is 155 g/mol. The smallest absolute Gasteiger partial charge is 0.0189 e. The van der Waals surface area contributed by atoms with E-state index in [0.29, 0.717) is 0 Å². The molecule has 0 aromatic rings. The van der Waals surface area contributed by atoms with Crippen LogP contribution in [0.4, 0.5) is 0 Å². The fourth-order valence-corrected chi connectivity index (χ4v) is 2.58. The fourth-order valence-electron chi connectivity index (χ4n) is 2.58. The topological polar surface area (TPSA) is 26.0 Å². The third-order valence-corrected chi connectivity index (χ3v) is 2.93. The first-order valence-electron chi connectivity index (χ1n) is 4.76. The van der Waals surface area contributed by atoms with Gasteiger partial charge in [0.1, 0.15) is 0 Å². The van der Waals surface area contributed by atoms with E-state index in [-0.39, 0.29) is 5.54 Å². The van der Waals surface area contributed by atoms with Crippen molar-refractivity contribution in [2.75, 3.05) is 0 Å². The van der Waals surface area contributed by atoms with Crippen molar-refractivity contribution in [1.82, 2.24) is 0 Å². The summed E-state index contributed by atoms with van der Waals surface area (Å²) in [5.41, 5.74) is 6.40. The minimum absolute atomic E-state index is 0.211. The van der Waals surface area contributed by atoms with Gasteiger partial charge in [-0.3, -0.25) is 0 Å². The van der Waals surface area contributed by atoms with Gasteiger partial charge in [-0.25, -0.2) is 0 Å². The molecule has 0 spiro atoms. The molecule has 0 aliphatic heterocycles. The van der Waals surface area contributed by atoms with E-state index in [1.165, 1.54) is 12.8 Å². The molecule has 0 bridgehead atoms. The first-order valence-corrected chi connectivity index (χ1v) is 4.76. The van der Waals surface area contributed by atoms with Crippen LogP contribution in [0.1, 0.15) is 40.5 Å². The largest absolute Gasteiger partial charge is 0.325 e. The minimum atomic E-state index is 0.211. The van der Waals surface area contributed by atoms with Crippen molar-refractivity contribution in [3.63, 3.8) is 0 Å². The Kier molecular flexibility index (Phi) is 2.29. The van der Waals surface area contributed by atoms with Crippen molar-refractivity contribution >= 4 is 0 Å². The van der Waals surface area contributed by atoms with Gasteiger partial charge in [-0.1, -0.05) is 27.7 Å². The van der Waals surface area contributed by atoms with E-state index in [1.807, 2.05) is 0 Å². The summed E-state index contributed by atoms with van der Waals surface area (Å²) in [6.45, 7) is 9.16. The number of hydrogen-bond acceptors (Lipinski definition) is 1. The minimum Gasteiger partial charge on any atom is -0.325 e. The highest BCUT2D eigenvalue weighted by Gasteiger charge is 2.47. The number of rotatable bonds is 3. The predicted octanol–water partition coefficient (Wildman–Crippen LogP) is 2.41. The van der Waals surface area contributed by atoms with Gasteiger partial charge in [0.05, 0.1) is 0 Å². The summed E-state index contributed by atoms with van der Waals surface area (Å²) in [6, 6.07) is 0. The molecular weight excluding hydrogens is 134 g/mol. The number of nitrogens with two attached hydrogens (primary N) is 1. The molecule has 66 valence electrons. The highest BCUT2D eigenvalue weighted by atomic mass is 14.8. The first kappa shape index (κ1) is 9.05. The SMILES string of the molecule is CC(C)C(C(C)C)C1(N)CC1. The zero-order valence-corrected chi connectivity index (χ0v) is 8.22. The van der Waals surface area contributed by atoms with Crippen LogP contribution < -0.4 is 5.73 Å². The maximum absolute atomic E-state index is 6.19. The maximum Gasteiger partial charge on any atom is 0.0189 e. The van der Waals surface area contributed by atoms with Crippen LogP contribution in [0.25, 0.3) is 0 Å². The lowest BCUT2D eigenvalue weighted by molar-refractivity contribution is 0.224. The number of hydrogen-bond donors (Lipinski definition) is 1. The third-order valence-electron chi connectivity index (χ3n) is 2.93. The molecule has 11 heavy (non-hydrogen) atoms. The molecule has 0 radical (unpaired) electrons. The Morgan fingerprint density at radius 2 is 1.36 bits per heavy atom. The van der Waals surface area contributed by atoms with Crippen LogP contribution in [-0.2, 0) is 0 Å². The zero-order chi connectivity index (χ0) is 8.65. The molecule has 1 rings (SSSR count). The third kappa shape index (κ3) is 1.76. The summed E-state index contributed by atoms with van der Waals surface area (Å²) >= 11 is 0. The molecule has 0 saturated heterocycles. The summed E-state index contributed by atoms with van der Waals surface area (Å²) < 4.78 is 0. The van der Waals surface area contributed by atoms with Crippen molar-refractivity contribution in [2.24, 2.45) is 23.5 Å². The Balaban J connectivity index is 2.60. The molecule has 0 aromatic heterocycles. The molecule has 1 saturated carbocycles. The van der Waals surface area contributed by atoms with Crippen LogP contribution in [0.2, 0.25) is 0 Å². The van der Waals surface area contributed by atoms with Gasteiger partial charge in [-0.15, -0.1) is 0 Å². The summed E-state index contributed by atoms with van der Waals surface area (Å²) in [5, 5.41) is 0. The van der Waals surface area contributed by atoms with Crippen LogP contribution in [-0.4, -0.2) is 5.54 Å². The Hall–Kier alpha value is -0.0400. The standard InChI is InChI=1S/C10H21N/c1-7(2)9(8(3)4)10(11)5-6-10/h7-9H,5-6,11H2,1-4H3. The van der Waals surface area contributed by atoms with Gasteiger partial charge < -0.3 is 5.73 Å². The second kappa shape index (κ2) is 2.78. The predicted molar refractivity (Wildman–Crippen MR) is 49.3 cm³/mol. The molecule has 1 aliphatic carbocycles. The molecule has 0 heterocycles. The molecule has 0 unspecified atom stereocenters. The van der Waals surface area contributed by atoms with Gasteiger partial charge in [-0.2, -0.15) is 0 Å². The van der Waals surface area contributed by atoms with Gasteiger partial charge in [0.25, 0.3) is 0 Å². The quantitative estimate of drug-likeness (QED) is 0.665. The molecule has 1 aliphatic rings. The second-order valence-corrected chi connectivity index (χ2v) is 4.75. The molecule has 0 aromatic carbocycles.